The smallest absolute Gasteiger partial charge is 0.220 e. The second-order valence-electron chi connectivity index (χ2n) is 6.05. The van der Waals surface area contributed by atoms with E-state index in [0.717, 1.165) is 16.9 Å². The minimum atomic E-state index is -0.0272. The average molecular weight is 350 g/mol. The van der Waals surface area contributed by atoms with E-state index in [1.165, 1.54) is 0 Å². The number of carbonyl (C=O) groups excluding carboxylic acids is 1. The molecule has 3 rings (SSSR count). The van der Waals surface area contributed by atoms with E-state index in [1.54, 1.807) is 13.3 Å². The van der Waals surface area contributed by atoms with E-state index in [9.17, 15) is 4.79 Å². The molecule has 5 heteroatoms. The molecule has 2 aromatic carbocycles. The van der Waals surface area contributed by atoms with Crippen molar-refractivity contribution >= 4 is 5.91 Å². The highest BCUT2D eigenvalue weighted by Crippen LogP contribution is 2.24. The van der Waals surface area contributed by atoms with Crippen LogP contribution in [0.15, 0.2) is 65.2 Å². The van der Waals surface area contributed by atoms with Crippen LogP contribution in [0.4, 0.5) is 0 Å². The van der Waals surface area contributed by atoms with E-state index in [2.05, 4.69) is 10.3 Å². The summed E-state index contributed by atoms with van der Waals surface area (Å²) in [7, 11) is 1.62. The SMILES string of the molecule is COc1cccc(-c2cnc(CCC(=O)NC(C)c3ccccc3)o2)c1. The Morgan fingerprint density at radius 3 is 2.77 bits per heavy atom. The summed E-state index contributed by atoms with van der Waals surface area (Å²) in [5, 5.41) is 3.00. The molecule has 3 aromatic rings. The molecule has 0 saturated carbocycles. The van der Waals surface area contributed by atoms with Gasteiger partial charge in [0, 0.05) is 18.4 Å². The Morgan fingerprint density at radius 2 is 2.00 bits per heavy atom. The van der Waals surface area contributed by atoms with Gasteiger partial charge in [-0.1, -0.05) is 42.5 Å². The molecule has 1 heterocycles. The molecule has 0 bridgehead atoms. The zero-order chi connectivity index (χ0) is 18.4. The fraction of sp³-hybridized carbons (Fsp3) is 0.238. The molecule has 5 nitrogen and oxygen atoms in total. The molecule has 1 atom stereocenters. The molecular formula is C21H22N2O3. The van der Waals surface area contributed by atoms with Crippen molar-refractivity contribution in [3.63, 3.8) is 0 Å². The number of hydrogen-bond acceptors (Lipinski definition) is 4. The first-order chi connectivity index (χ1) is 12.7. The molecule has 1 amide bonds. The highest BCUT2D eigenvalue weighted by atomic mass is 16.5. The number of hydrogen-bond donors (Lipinski definition) is 1. The molecule has 0 aliphatic heterocycles. The van der Waals surface area contributed by atoms with Crippen LogP contribution >= 0.6 is 0 Å². The summed E-state index contributed by atoms with van der Waals surface area (Å²) in [6.07, 6.45) is 2.46. The summed E-state index contributed by atoms with van der Waals surface area (Å²) >= 11 is 0. The number of methoxy groups -OCH3 is 1. The number of carbonyl (C=O) groups is 1. The molecule has 1 unspecified atom stereocenters. The van der Waals surface area contributed by atoms with E-state index >= 15 is 0 Å². The Morgan fingerprint density at radius 1 is 1.19 bits per heavy atom. The number of ether oxygens (including phenoxy) is 1. The van der Waals surface area contributed by atoms with Crippen LogP contribution in [0.2, 0.25) is 0 Å². The summed E-state index contributed by atoms with van der Waals surface area (Å²) in [6, 6.07) is 17.4. The summed E-state index contributed by atoms with van der Waals surface area (Å²) in [5.41, 5.74) is 1.97. The Balaban J connectivity index is 1.55. The number of aryl methyl sites for hydroxylation is 1. The molecule has 26 heavy (non-hydrogen) atoms. The molecule has 1 N–H and O–H groups in total. The zero-order valence-electron chi connectivity index (χ0n) is 14.9. The van der Waals surface area contributed by atoms with Gasteiger partial charge in [-0.3, -0.25) is 4.79 Å². The van der Waals surface area contributed by atoms with Crippen molar-refractivity contribution in [2.24, 2.45) is 0 Å². The van der Waals surface area contributed by atoms with Gasteiger partial charge in [-0.25, -0.2) is 4.98 Å². The number of amides is 1. The van der Waals surface area contributed by atoms with E-state index in [1.807, 2.05) is 61.5 Å². The highest BCUT2D eigenvalue weighted by Gasteiger charge is 2.12. The first-order valence-electron chi connectivity index (χ1n) is 8.59. The fourth-order valence-electron chi connectivity index (χ4n) is 2.69. The Kier molecular flexibility index (Phi) is 5.69. The maximum atomic E-state index is 12.2. The zero-order valence-corrected chi connectivity index (χ0v) is 14.9. The average Bonchev–Trinajstić information content (AvgIpc) is 3.16. The molecule has 134 valence electrons. The third kappa shape index (κ3) is 4.51. The molecule has 0 radical (unpaired) electrons. The number of rotatable bonds is 7. The maximum absolute atomic E-state index is 12.2. The Bertz CT molecular complexity index is 858. The lowest BCUT2D eigenvalue weighted by Gasteiger charge is -2.13. The highest BCUT2D eigenvalue weighted by molar-refractivity contribution is 5.76. The predicted molar refractivity (Wildman–Crippen MR) is 99.8 cm³/mol. The fourth-order valence-corrected chi connectivity index (χ4v) is 2.69. The van der Waals surface area contributed by atoms with Gasteiger partial charge in [-0.15, -0.1) is 0 Å². The standard InChI is InChI=1S/C21H22N2O3/c1-15(16-7-4-3-5-8-16)23-20(24)11-12-21-22-14-19(26-21)17-9-6-10-18(13-17)25-2/h3-10,13-15H,11-12H2,1-2H3,(H,23,24). The van der Waals surface area contributed by atoms with E-state index < -0.39 is 0 Å². The quantitative estimate of drug-likeness (QED) is 0.695. The normalized spacial score (nSPS) is 11.8. The summed E-state index contributed by atoms with van der Waals surface area (Å²) < 4.78 is 11.0. The lowest BCUT2D eigenvalue weighted by molar-refractivity contribution is -0.121. The molecular weight excluding hydrogens is 328 g/mol. The number of oxazole rings is 1. The van der Waals surface area contributed by atoms with Gasteiger partial charge in [0.15, 0.2) is 11.7 Å². The Hall–Kier alpha value is -3.08. The summed E-state index contributed by atoms with van der Waals surface area (Å²) in [4.78, 5) is 16.4. The van der Waals surface area contributed by atoms with Gasteiger partial charge in [0.05, 0.1) is 19.3 Å². The van der Waals surface area contributed by atoms with Crippen molar-refractivity contribution < 1.29 is 13.9 Å². The second-order valence-corrected chi connectivity index (χ2v) is 6.05. The van der Waals surface area contributed by atoms with Gasteiger partial charge >= 0.3 is 0 Å². The second kappa shape index (κ2) is 8.34. The van der Waals surface area contributed by atoms with Crippen LogP contribution in [0.3, 0.4) is 0 Å². The van der Waals surface area contributed by atoms with Crippen molar-refractivity contribution in [1.29, 1.82) is 0 Å². The number of nitrogens with one attached hydrogen (secondary N) is 1. The molecule has 0 fully saturated rings. The van der Waals surface area contributed by atoms with Gasteiger partial charge in [0.2, 0.25) is 5.91 Å². The van der Waals surface area contributed by atoms with Crippen LogP contribution in [-0.4, -0.2) is 18.0 Å². The lowest BCUT2D eigenvalue weighted by Crippen LogP contribution is -2.26. The third-order valence-corrected chi connectivity index (χ3v) is 4.15. The molecule has 1 aromatic heterocycles. The van der Waals surface area contributed by atoms with Gasteiger partial charge in [0.25, 0.3) is 0 Å². The van der Waals surface area contributed by atoms with Crippen LogP contribution in [0, 0.1) is 0 Å². The van der Waals surface area contributed by atoms with Gasteiger partial charge < -0.3 is 14.5 Å². The number of nitrogens with zero attached hydrogens (tertiary/aromatic N) is 1. The van der Waals surface area contributed by atoms with Crippen molar-refractivity contribution in [2.45, 2.75) is 25.8 Å². The van der Waals surface area contributed by atoms with Gasteiger partial charge in [0.1, 0.15) is 5.75 Å². The molecule has 0 aliphatic carbocycles. The van der Waals surface area contributed by atoms with Crippen LogP contribution in [0.25, 0.3) is 11.3 Å². The van der Waals surface area contributed by atoms with Gasteiger partial charge in [-0.2, -0.15) is 0 Å². The molecule has 0 saturated heterocycles. The van der Waals surface area contributed by atoms with Crippen molar-refractivity contribution in [2.75, 3.05) is 7.11 Å². The van der Waals surface area contributed by atoms with E-state index in [4.69, 9.17) is 9.15 Å². The van der Waals surface area contributed by atoms with E-state index in [-0.39, 0.29) is 11.9 Å². The minimum absolute atomic E-state index is 0.0255. The van der Waals surface area contributed by atoms with Crippen molar-refractivity contribution in [3.8, 4) is 17.1 Å². The summed E-state index contributed by atoms with van der Waals surface area (Å²) in [6.45, 7) is 1.97. The van der Waals surface area contributed by atoms with Crippen LogP contribution in [0.1, 0.15) is 30.8 Å². The summed E-state index contributed by atoms with van der Waals surface area (Å²) in [5.74, 6) is 1.94. The van der Waals surface area contributed by atoms with Crippen LogP contribution in [-0.2, 0) is 11.2 Å². The maximum Gasteiger partial charge on any atom is 0.220 e. The number of aromatic nitrogens is 1. The van der Waals surface area contributed by atoms with Crippen LogP contribution < -0.4 is 10.1 Å². The van der Waals surface area contributed by atoms with Crippen molar-refractivity contribution in [1.82, 2.24) is 10.3 Å². The van der Waals surface area contributed by atoms with Crippen molar-refractivity contribution in [3.05, 3.63) is 72.2 Å². The monoisotopic (exact) mass is 350 g/mol. The predicted octanol–water partition coefficient (Wildman–Crippen LogP) is 4.16. The van der Waals surface area contributed by atoms with Gasteiger partial charge in [-0.05, 0) is 24.6 Å². The number of benzene rings is 2. The molecule has 0 spiro atoms. The van der Waals surface area contributed by atoms with Crippen LogP contribution in [0.5, 0.6) is 5.75 Å². The molecule has 0 aliphatic rings. The van der Waals surface area contributed by atoms with E-state index in [0.29, 0.717) is 24.5 Å². The topological polar surface area (TPSA) is 64.4 Å². The third-order valence-electron chi connectivity index (χ3n) is 4.15. The minimum Gasteiger partial charge on any atom is -0.497 e. The Labute approximate surface area is 153 Å². The first-order valence-corrected chi connectivity index (χ1v) is 8.59. The first kappa shape index (κ1) is 17.7. The lowest BCUT2D eigenvalue weighted by atomic mass is 10.1. The largest absolute Gasteiger partial charge is 0.497 e.